The minimum absolute atomic E-state index is 0.0140. The van der Waals surface area contributed by atoms with E-state index in [1.165, 1.54) is 6.33 Å². The summed E-state index contributed by atoms with van der Waals surface area (Å²) in [5.41, 5.74) is 13.4. The van der Waals surface area contributed by atoms with Crippen molar-refractivity contribution in [3.05, 3.63) is 78.1 Å². The molecule has 0 aliphatic carbocycles. The van der Waals surface area contributed by atoms with Crippen molar-refractivity contribution in [2.75, 3.05) is 16.5 Å². The molecule has 0 bridgehead atoms. The fraction of sp³-hybridized carbons (Fsp3) is 0.105. The molecule has 1 heterocycles. The van der Waals surface area contributed by atoms with Crippen LogP contribution in [0.15, 0.2) is 67.0 Å². The average molecular weight is 348 g/mol. The predicted octanol–water partition coefficient (Wildman–Crippen LogP) is 2.99. The van der Waals surface area contributed by atoms with Crippen LogP contribution in [-0.2, 0) is 0 Å². The molecule has 3 aromatic rings. The molecular formula is C19H20N6O. The molecule has 0 saturated heterocycles. The van der Waals surface area contributed by atoms with Crippen LogP contribution in [0.4, 0.5) is 17.3 Å². The number of nitrogens with two attached hydrogens (primary N) is 1. The van der Waals surface area contributed by atoms with Crippen LogP contribution in [0, 0.1) is 0 Å². The summed E-state index contributed by atoms with van der Waals surface area (Å²) < 4.78 is 0. The van der Waals surface area contributed by atoms with Crippen LogP contribution >= 0.6 is 0 Å². The molecular weight excluding hydrogens is 328 g/mol. The molecule has 1 unspecified atom stereocenters. The Morgan fingerprint density at radius 1 is 0.962 bits per heavy atom. The second kappa shape index (κ2) is 7.98. The summed E-state index contributed by atoms with van der Waals surface area (Å²) in [7, 11) is 0. The summed E-state index contributed by atoms with van der Waals surface area (Å²) in [6.07, 6.45) is 1.38. The number of hydrogen-bond acceptors (Lipinski definition) is 6. The van der Waals surface area contributed by atoms with Crippen LogP contribution in [0.5, 0.6) is 0 Å². The summed E-state index contributed by atoms with van der Waals surface area (Å²) in [4.78, 5) is 20.4. The first kappa shape index (κ1) is 17.2. The number of nitrogens with zero attached hydrogens (tertiary/aromatic N) is 2. The fourth-order valence-electron chi connectivity index (χ4n) is 2.42. The van der Waals surface area contributed by atoms with Crippen LogP contribution in [0.25, 0.3) is 0 Å². The van der Waals surface area contributed by atoms with Crippen molar-refractivity contribution >= 4 is 23.2 Å². The quantitative estimate of drug-likeness (QED) is 0.511. The number of hydrazine groups is 1. The molecule has 1 amide bonds. The summed E-state index contributed by atoms with van der Waals surface area (Å²) in [6, 6.07) is 18.8. The highest BCUT2D eigenvalue weighted by atomic mass is 16.2. The summed E-state index contributed by atoms with van der Waals surface area (Å²) in [6.45, 7) is 2.02. The van der Waals surface area contributed by atoms with Crippen molar-refractivity contribution in [3.8, 4) is 0 Å². The molecule has 7 heteroatoms. The number of anilines is 3. The van der Waals surface area contributed by atoms with E-state index in [1.807, 2.05) is 43.3 Å². The van der Waals surface area contributed by atoms with Gasteiger partial charge in [0.1, 0.15) is 12.0 Å². The third kappa shape index (κ3) is 4.07. The van der Waals surface area contributed by atoms with Crippen LogP contribution in [0.1, 0.15) is 28.9 Å². The zero-order valence-electron chi connectivity index (χ0n) is 14.3. The molecule has 0 radical (unpaired) electrons. The van der Waals surface area contributed by atoms with Crippen LogP contribution in [-0.4, -0.2) is 15.9 Å². The minimum atomic E-state index is -0.282. The second-order valence-corrected chi connectivity index (χ2v) is 5.71. The van der Waals surface area contributed by atoms with Gasteiger partial charge in [0.2, 0.25) is 0 Å². The third-order valence-electron chi connectivity index (χ3n) is 3.87. The minimum Gasteiger partial charge on any atom is -0.393 e. The molecule has 0 saturated carbocycles. The smallest absolute Gasteiger partial charge is 0.269 e. The van der Waals surface area contributed by atoms with Crippen LogP contribution in [0.3, 0.4) is 0 Å². The Kier molecular flexibility index (Phi) is 5.28. The maximum Gasteiger partial charge on any atom is 0.269 e. The van der Waals surface area contributed by atoms with Gasteiger partial charge in [-0.3, -0.25) is 15.6 Å². The lowest BCUT2D eigenvalue weighted by atomic mass is 10.1. The number of benzene rings is 2. The number of hydrogen-bond donors (Lipinski definition) is 4. The lowest BCUT2D eigenvalue weighted by molar-refractivity contribution is 0.0962. The van der Waals surface area contributed by atoms with Gasteiger partial charge in [-0.2, -0.15) is 0 Å². The van der Waals surface area contributed by atoms with Crippen molar-refractivity contribution in [1.82, 2.24) is 15.4 Å². The van der Waals surface area contributed by atoms with E-state index in [0.717, 1.165) is 5.56 Å². The summed E-state index contributed by atoms with van der Waals surface area (Å²) in [5.74, 6) is 0.538. The Labute approximate surface area is 151 Å². The maximum atomic E-state index is 12.1. The van der Waals surface area contributed by atoms with Gasteiger partial charge in [0, 0.05) is 5.56 Å². The normalized spacial score (nSPS) is 11.4. The molecule has 2 aromatic carbocycles. The van der Waals surface area contributed by atoms with Gasteiger partial charge in [0.25, 0.3) is 5.91 Å². The van der Waals surface area contributed by atoms with E-state index in [4.69, 9.17) is 5.73 Å². The van der Waals surface area contributed by atoms with E-state index in [0.29, 0.717) is 22.9 Å². The van der Waals surface area contributed by atoms with Crippen LogP contribution < -0.4 is 21.9 Å². The van der Waals surface area contributed by atoms with E-state index >= 15 is 0 Å². The Morgan fingerprint density at radius 2 is 1.58 bits per heavy atom. The molecule has 26 heavy (non-hydrogen) atoms. The zero-order valence-corrected chi connectivity index (χ0v) is 14.3. The molecule has 1 atom stereocenters. The lowest BCUT2D eigenvalue weighted by Crippen LogP contribution is -2.30. The molecule has 0 fully saturated rings. The van der Waals surface area contributed by atoms with Gasteiger partial charge in [0.05, 0.1) is 6.04 Å². The van der Waals surface area contributed by atoms with Gasteiger partial charge in [-0.05, 0) is 24.6 Å². The molecule has 5 N–H and O–H groups in total. The Bertz CT molecular complexity index is 870. The number of aromatic nitrogens is 2. The molecule has 0 aliphatic rings. The Hall–Kier alpha value is -3.61. The van der Waals surface area contributed by atoms with Gasteiger partial charge >= 0.3 is 0 Å². The number of nitrogen functional groups attached to an aromatic ring is 1. The Balaban J connectivity index is 1.68. The first-order valence-corrected chi connectivity index (χ1v) is 8.18. The average Bonchev–Trinajstić information content (AvgIpc) is 2.69. The highest BCUT2D eigenvalue weighted by molar-refractivity contribution is 5.95. The summed E-state index contributed by atoms with van der Waals surface area (Å²) >= 11 is 0. The van der Waals surface area contributed by atoms with E-state index < -0.39 is 0 Å². The first-order valence-electron chi connectivity index (χ1n) is 8.18. The van der Waals surface area contributed by atoms with E-state index in [2.05, 4.69) is 26.1 Å². The molecule has 7 nitrogen and oxygen atoms in total. The SMILES string of the molecule is CC(Nc1ncnc(NNC(=O)c2ccccc2)c1N)c1ccccc1. The molecule has 0 aliphatic heterocycles. The maximum absolute atomic E-state index is 12.1. The van der Waals surface area contributed by atoms with Crippen molar-refractivity contribution in [3.63, 3.8) is 0 Å². The number of carbonyl (C=O) groups is 1. The first-order chi connectivity index (χ1) is 12.6. The molecule has 0 spiro atoms. The zero-order chi connectivity index (χ0) is 18.4. The van der Waals surface area contributed by atoms with Gasteiger partial charge in [-0.1, -0.05) is 48.5 Å². The number of carbonyl (C=O) groups excluding carboxylic acids is 1. The van der Waals surface area contributed by atoms with E-state index in [-0.39, 0.29) is 11.9 Å². The van der Waals surface area contributed by atoms with Crippen molar-refractivity contribution in [2.24, 2.45) is 0 Å². The highest BCUT2D eigenvalue weighted by Crippen LogP contribution is 2.26. The standard InChI is InChI=1S/C19H20N6O/c1-13(14-8-4-2-5-9-14)23-17-16(20)18(22-12-21-17)24-25-19(26)15-10-6-3-7-11-15/h2-13H,20H2,1H3,(H,25,26)(H2,21,22,23,24). The molecule has 1 aromatic heterocycles. The topological polar surface area (TPSA) is 105 Å². The summed E-state index contributed by atoms with van der Waals surface area (Å²) in [5, 5.41) is 3.26. The van der Waals surface area contributed by atoms with Gasteiger partial charge in [-0.15, -0.1) is 0 Å². The fourth-order valence-corrected chi connectivity index (χ4v) is 2.42. The van der Waals surface area contributed by atoms with E-state index in [1.54, 1.807) is 24.3 Å². The van der Waals surface area contributed by atoms with E-state index in [9.17, 15) is 4.79 Å². The predicted molar refractivity (Wildman–Crippen MR) is 102 cm³/mol. The van der Waals surface area contributed by atoms with Crippen LogP contribution in [0.2, 0.25) is 0 Å². The number of nitrogens with one attached hydrogen (secondary N) is 3. The number of rotatable bonds is 6. The lowest BCUT2D eigenvalue weighted by Gasteiger charge is -2.17. The van der Waals surface area contributed by atoms with Gasteiger partial charge in [-0.25, -0.2) is 9.97 Å². The van der Waals surface area contributed by atoms with Crippen molar-refractivity contribution in [1.29, 1.82) is 0 Å². The third-order valence-corrected chi connectivity index (χ3v) is 3.87. The van der Waals surface area contributed by atoms with Crippen molar-refractivity contribution in [2.45, 2.75) is 13.0 Å². The largest absolute Gasteiger partial charge is 0.393 e. The monoisotopic (exact) mass is 348 g/mol. The highest BCUT2D eigenvalue weighted by Gasteiger charge is 2.12. The molecule has 3 rings (SSSR count). The second-order valence-electron chi connectivity index (χ2n) is 5.71. The Morgan fingerprint density at radius 3 is 2.27 bits per heavy atom. The van der Waals surface area contributed by atoms with Gasteiger partial charge < -0.3 is 11.1 Å². The molecule has 132 valence electrons. The van der Waals surface area contributed by atoms with Crippen molar-refractivity contribution < 1.29 is 4.79 Å². The number of amides is 1. The van der Waals surface area contributed by atoms with Gasteiger partial charge in [0.15, 0.2) is 11.6 Å².